The van der Waals surface area contributed by atoms with E-state index >= 15 is 0 Å². The predicted octanol–water partition coefficient (Wildman–Crippen LogP) is 4.25. The van der Waals surface area contributed by atoms with Gasteiger partial charge >= 0.3 is 0 Å². The van der Waals surface area contributed by atoms with E-state index in [4.69, 9.17) is 9.47 Å². The number of hydrogen-bond acceptors (Lipinski definition) is 4. The first kappa shape index (κ1) is 21.6. The molecule has 2 atom stereocenters. The van der Waals surface area contributed by atoms with E-state index < -0.39 is 0 Å². The minimum absolute atomic E-state index is 0.133. The number of rotatable bonds is 6. The van der Waals surface area contributed by atoms with Crippen LogP contribution in [0.2, 0.25) is 0 Å². The van der Waals surface area contributed by atoms with E-state index in [2.05, 4.69) is 35.3 Å². The lowest BCUT2D eigenvalue weighted by Crippen LogP contribution is -2.49. The average molecular weight is 415 g/mol. The molecule has 5 nitrogen and oxygen atoms in total. The van der Waals surface area contributed by atoms with Crippen molar-refractivity contribution in [3.05, 3.63) is 29.3 Å². The molecule has 2 aliphatic heterocycles. The minimum Gasteiger partial charge on any atom is -0.497 e. The molecule has 30 heavy (non-hydrogen) atoms. The predicted molar refractivity (Wildman–Crippen MR) is 119 cm³/mol. The maximum absolute atomic E-state index is 13.3. The summed E-state index contributed by atoms with van der Waals surface area (Å²) >= 11 is 0. The Bertz CT molecular complexity index is 723. The lowest BCUT2D eigenvalue weighted by Gasteiger charge is -2.43. The summed E-state index contributed by atoms with van der Waals surface area (Å²) in [6, 6.07) is 6.64. The van der Waals surface area contributed by atoms with Gasteiger partial charge in [-0.1, -0.05) is 25.3 Å². The number of carbonyl (C=O) groups excluding carboxylic acids is 1. The number of methoxy groups -OCH3 is 1. The van der Waals surface area contributed by atoms with Crippen LogP contribution in [0.4, 0.5) is 0 Å². The molecule has 3 aliphatic rings. The van der Waals surface area contributed by atoms with Crippen LogP contribution in [-0.4, -0.2) is 49.8 Å². The molecule has 0 bridgehead atoms. The van der Waals surface area contributed by atoms with Crippen LogP contribution >= 0.6 is 0 Å². The highest BCUT2D eigenvalue weighted by Gasteiger charge is 2.37. The van der Waals surface area contributed by atoms with Gasteiger partial charge < -0.3 is 19.7 Å². The van der Waals surface area contributed by atoms with Gasteiger partial charge in [-0.15, -0.1) is 0 Å². The third-order valence-electron chi connectivity index (χ3n) is 7.37. The molecule has 2 unspecified atom stereocenters. The lowest BCUT2D eigenvalue weighted by atomic mass is 9.77. The molecule has 4 rings (SSSR count). The highest BCUT2D eigenvalue weighted by atomic mass is 16.5. The Kier molecular flexibility index (Phi) is 6.99. The fourth-order valence-corrected chi connectivity index (χ4v) is 5.67. The lowest BCUT2D eigenvalue weighted by molar-refractivity contribution is -0.135. The van der Waals surface area contributed by atoms with Crippen molar-refractivity contribution in [2.45, 2.75) is 76.4 Å². The highest BCUT2D eigenvalue weighted by molar-refractivity contribution is 5.79. The zero-order valence-corrected chi connectivity index (χ0v) is 18.8. The maximum atomic E-state index is 13.3. The van der Waals surface area contributed by atoms with Crippen molar-refractivity contribution in [3.8, 4) is 5.75 Å². The van der Waals surface area contributed by atoms with Crippen LogP contribution in [0.1, 0.15) is 75.5 Å². The van der Waals surface area contributed by atoms with Gasteiger partial charge in [0.25, 0.3) is 0 Å². The second-order valence-corrected chi connectivity index (χ2v) is 9.60. The fourth-order valence-electron chi connectivity index (χ4n) is 5.67. The molecule has 2 fully saturated rings. The molecule has 1 N–H and O–H groups in total. The number of ether oxygens (including phenoxy) is 2. The van der Waals surface area contributed by atoms with Crippen LogP contribution in [0.5, 0.6) is 5.75 Å². The molecular weight excluding hydrogens is 376 g/mol. The fraction of sp³-hybridized carbons (Fsp3) is 0.720. The normalized spacial score (nSPS) is 27.5. The highest BCUT2D eigenvalue weighted by Crippen LogP contribution is 2.42. The topological polar surface area (TPSA) is 50.8 Å². The van der Waals surface area contributed by atoms with Crippen molar-refractivity contribution >= 4 is 5.91 Å². The summed E-state index contributed by atoms with van der Waals surface area (Å²) in [6.07, 6.45) is 10.7. The van der Waals surface area contributed by atoms with Crippen molar-refractivity contribution in [2.75, 3.05) is 33.4 Å². The van der Waals surface area contributed by atoms with Crippen molar-refractivity contribution in [2.24, 2.45) is 5.92 Å². The Morgan fingerprint density at radius 2 is 2.07 bits per heavy atom. The van der Waals surface area contributed by atoms with Crippen LogP contribution in [0.3, 0.4) is 0 Å². The summed E-state index contributed by atoms with van der Waals surface area (Å²) < 4.78 is 11.4. The zero-order valence-electron chi connectivity index (χ0n) is 18.8. The number of carbonyl (C=O) groups is 1. The number of nitrogens with zero attached hydrogens (tertiary/aromatic N) is 1. The molecule has 1 aromatic rings. The van der Waals surface area contributed by atoms with Crippen LogP contribution in [-0.2, 0) is 16.0 Å². The van der Waals surface area contributed by atoms with E-state index in [1.165, 1.54) is 49.7 Å². The van der Waals surface area contributed by atoms with Crippen molar-refractivity contribution < 1.29 is 14.3 Å². The van der Waals surface area contributed by atoms with Gasteiger partial charge in [0.15, 0.2) is 0 Å². The van der Waals surface area contributed by atoms with Gasteiger partial charge in [-0.2, -0.15) is 0 Å². The minimum atomic E-state index is -0.133. The average Bonchev–Trinajstić information content (AvgIpc) is 2.78. The number of nitrogens with one attached hydrogen (secondary N) is 1. The third kappa shape index (κ3) is 4.83. The van der Waals surface area contributed by atoms with Gasteiger partial charge in [-0.05, 0) is 74.6 Å². The van der Waals surface area contributed by atoms with Crippen molar-refractivity contribution in [1.82, 2.24) is 10.2 Å². The summed E-state index contributed by atoms with van der Waals surface area (Å²) in [7, 11) is 1.72. The molecular formula is C25H38N2O3. The van der Waals surface area contributed by atoms with E-state index in [9.17, 15) is 4.79 Å². The standard InChI is InChI=1S/C25H38N2O3/c1-25(13-6-7-15-30-25)18-26-17-23(28)27-14-12-20-16-21(29-2)10-11-22(20)24(27)19-8-4-3-5-9-19/h10-11,16,19,24,26H,3-9,12-15,17-18H2,1-2H3. The van der Waals surface area contributed by atoms with Crippen molar-refractivity contribution in [1.29, 1.82) is 0 Å². The van der Waals surface area contributed by atoms with Gasteiger partial charge in [0.2, 0.25) is 5.91 Å². The molecule has 5 heteroatoms. The number of benzene rings is 1. The maximum Gasteiger partial charge on any atom is 0.237 e. The molecule has 166 valence electrons. The Hall–Kier alpha value is -1.59. The van der Waals surface area contributed by atoms with Crippen LogP contribution < -0.4 is 10.1 Å². The van der Waals surface area contributed by atoms with E-state index in [0.717, 1.165) is 44.7 Å². The SMILES string of the molecule is COc1ccc2c(c1)CCN(C(=O)CNCC1(C)CCCCO1)C2C1CCCCC1. The van der Waals surface area contributed by atoms with Crippen LogP contribution in [0, 0.1) is 5.92 Å². The Morgan fingerprint density at radius 3 is 2.80 bits per heavy atom. The molecule has 1 amide bonds. The number of hydrogen-bond donors (Lipinski definition) is 1. The smallest absolute Gasteiger partial charge is 0.237 e. The van der Waals surface area contributed by atoms with Gasteiger partial charge in [-0.25, -0.2) is 0 Å². The molecule has 1 aromatic carbocycles. The van der Waals surface area contributed by atoms with E-state index in [-0.39, 0.29) is 17.6 Å². The van der Waals surface area contributed by atoms with Gasteiger partial charge in [0, 0.05) is 19.7 Å². The van der Waals surface area contributed by atoms with E-state index in [1.807, 2.05) is 0 Å². The van der Waals surface area contributed by atoms with Gasteiger partial charge in [0.1, 0.15) is 5.75 Å². The largest absolute Gasteiger partial charge is 0.497 e. The number of fused-ring (bicyclic) bond motifs is 1. The molecule has 2 heterocycles. The Labute approximate surface area is 181 Å². The van der Waals surface area contributed by atoms with Crippen molar-refractivity contribution in [3.63, 3.8) is 0 Å². The molecule has 0 spiro atoms. The first-order valence-electron chi connectivity index (χ1n) is 11.9. The first-order chi connectivity index (χ1) is 14.6. The molecule has 1 aliphatic carbocycles. The summed E-state index contributed by atoms with van der Waals surface area (Å²) in [5, 5.41) is 3.42. The third-order valence-corrected chi connectivity index (χ3v) is 7.37. The molecule has 1 saturated heterocycles. The number of amides is 1. The second kappa shape index (κ2) is 9.69. The van der Waals surface area contributed by atoms with Gasteiger partial charge in [-0.3, -0.25) is 4.79 Å². The van der Waals surface area contributed by atoms with E-state index in [0.29, 0.717) is 12.5 Å². The first-order valence-corrected chi connectivity index (χ1v) is 11.9. The van der Waals surface area contributed by atoms with Crippen LogP contribution in [0.15, 0.2) is 18.2 Å². The van der Waals surface area contributed by atoms with Gasteiger partial charge in [0.05, 0.1) is 25.3 Å². The molecule has 0 radical (unpaired) electrons. The quantitative estimate of drug-likeness (QED) is 0.756. The zero-order chi connectivity index (χ0) is 21.0. The summed E-state index contributed by atoms with van der Waals surface area (Å²) in [5.74, 6) is 1.71. The van der Waals surface area contributed by atoms with E-state index in [1.54, 1.807) is 7.11 Å². The second-order valence-electron chi connectivity index (χ2n) is 9.60. The summed E-state index contributed by atoms with van der Waals surface area (Å²) in [6.45, 7) is 4.94. The van der Waals surface area contributed by atoms with Crippen LogP contribution in [0.25, 0.3) is 0 Å². The monoisotopic (exact) mass is 414 g/mol. The molecule has 1 saturated carbocycles. The summed E-state index contributed by atoms with van der Waals surface area (Å²) in [5.41, 5.74) is 2.56. The Balaban J connectivity index is 1.46. The Morgan fingerprint density at radius 1 is 1.23 bits per heavy atom. The molecule has 0 aromatic heterocycles. The summed E-state index contributed by atoms with van der Waals surface area (Å²) in [4.78, 5) is 15.5.